The normalized spacial score (nSPS) is 10.4. The molecule has 1 N–H and O–H groups in total. The van der Waals surface area contributed by atoms with E-state index < -0.39 is 0 Å². The molecule has 2 heteroatoms. The largest absolute Gasteiger partial charge is 0.396 e. The molecule has 0 spiro atoms. The van der Waals surface area contributed by atoms with Crippen LogP contribution in [0, 0.1) is 0 Å². The zero-order valence-electron chi connectivity index (χ0n) is 7.45. The van der Waals surface area contributed by atoms with Crippen molar-refractivity contribution in [3.63, 3.8) is 0 Å². The van der Waals surface area contributed by atoms with Crippen molar-refractivity contribution in [1.82, 2.24) is 4.57 Å². The Kier molecular flexibility index (Phi) is 4.54. The van der Waals surface area contributed by atoms with Crippen LogP contribution in [0.3, 0.4) is 0 Å². The highest BCUT2D eigenvalue weighted by Gasteiger charge is 1.90. The van der Waals surface area contributed by atoms with Gasteiger partial charge in [-0.3, -0.25) is 0 Å². The fourth-order valence-electron chi connectivity index (χ4n) is 1.28. The lowest BCUT2D eigenvalue weighted by Gasteiger charge is -2.01. The minimum atomic E-state index is 0.337. The third kappa shape index (κ3) is 3.58. The Morgan fingerprint density at radius 2 is 1.58 bits per heavy atom. The van der Waals surface area contributed by atoms with Crippen LogP contribution in [0.4, 0.5) is 0 Å². The molecule has 0 atom stereocenters. The van der Waals surface area contributed by atoms with E-state index in [0.29, 0.717) is 6.61 Å². The van der Waals surface area contributed by atoms with E-state index in [9.17, 15) is 0 Å². The van der Waals surface area contributed by atoms with Crippen LogP contribution in [0.2, 0.25) is 0 Å². The summed E-state index contributed by atoms with van der Waals surface area (Å²) in [5.41, 5.74) is 0. The highest BCUT2D eigenvalue weighted by molar-refractivity contribution is 4.89. The first kappa shape index (κ1) is 9.33. The van der Waals surface area contributed by atoms with Crippen molar-refractivity contribution in [1.29, 1.82) is 0 Å². The fraction of sp³-hybridized carbons (Fsp3) is 0.600. The van der Waals surface area contributed by atoms with Gasteiger partial charge in [-0.15, -0.1) is 0 Å². The zero-order chi connectivity index (χ0) is 8.65. The average molecular weight is 167 g/mol. The summed E-state index contributed by atoms with van der Waals surface area (Å²) < 4.78 is 2.19. The Labute approximate surface area is 73.8 Å². The SMILES string of the molecule is OCCCCCCn1cccc1. The molecule has 0 saturated heterocycles. The van der Waals surface area contributed by atoms with Crippen molar-refractivity contribution < 1.29 is 5.11 Å². The van der Waals surface area contributed by atoms with Gasteiger partial charge in [0.2, 0.25) is 0 Å². The maximum Gasteiger partial charge on any atom is 0.0431 e. The van der Waals surface area contributed by atoms with Crippen LogP contribution in [0.15, 0.2) is 24.5 Å². The van der Waals surface area contributed by atoms with Crippen LogP contribution in [0.5, 0.6) is 0 Å². The van der Waals surface area contributed by atoms with Crippen LogP contribution in [0.25, 0.3) is 0 Å². The van der Waals surface area contributed by atoms with Crippen molar-refractivity contribution >= 4 is 0 Å². The first-order valence-electron chi connectivity index (χ1n) is 4.65. The van der Waals surface area contributed by atoms with Crippen molar-refractivity contribution in [3.8, 4) is 0 Å². The van der Waals surface area contributed by atoms with Gasteiger partial charge >= 0.3 is 0 Å². The number of aryl methyl sites for hydroxylation is 1. The Hall–Kier alpha value is -0.760. The molecule has 1 rings (SSSR count). The lowest BCUT2D eigenvalue weighted by atomic mass is 10.2. The smallest absolute Gasteiger partial charge is 0.0431 e. The lowest BCUT2D eigenvalue weighted by molar-refractivity contribution is 0.282. The van der Waals surface area contributed by atoms with Gasteiger partial charge in [-0.05, 0) is 25.0 Å². The Bertz CT molecular complexity index is 182. The van der Waals surface area contributed by atoms with Crippen molar-refractivity contribution in [2.45, 2.75) is 32.2 Å². The lowest BCUT2D eigenvalue weighted by Crippen LogP contribution is -1.94. The molecule has 1 heterocycles. The Balaban J connectivity index is 1.96. The zero-order valence-corrected chi connectivity index (χ0v) is 7.45. The second-order valence-corrected chi connectivity index (χ2v) is 3.06. The van der Waals surface area contributed by atoms with E-state index in [1.165, 1.54) is 12.8 Å². The number of rotatable bonds is 6. The van der Waals surface area contributed by atoms with Crippen molar-refractivity contribution in [3.05, 3.63) is 24.5 Å². The van der Waals surface area contributed by atoms with Gasteiger partial charge in [-0.1, -0.05) is 12.8 Å². The summed E-state index contributed by atoms with van der Waals surface area (Å²) in [5, 5.41) is 8.54. The van der Waals surface area contributed by atoms with E-state index in [2.05, 4.69) is 17.0 Å². The van der Waals surface area contributed by atoms with E-state index in [0.717, 1.165) is 19.4 Å². The molecule has 0 saturated carbocycles. The summed E-state index contributed by atoms with van der Waals surface area (Å²) in [6.45, 7) is 1.45. The molecule has 2 nitrogen and oxygen atoms in total. The molecule has 1 aromatic rings. The molecule has 68 valence electrons. The summed E-state index contributed by atoms with van der Waals surface area (Å²) in [6.07, 6.45) is 8.72. The summed E-state index contributed by atoms with van der Waals surface area (Å²) in [7, 11) is 0. The van der Waals surface area contributed by atoms with Gasteiger partial charge in [0.15, 0.2) is 0 Å². The number of nitrogens with zero attached hydrogens (tertiary/aromatic N) is 1. The van der Waals surface area contributed by atoms with E-state index in [4.69, 9.17) is 5.11 Å². The van der Waals surface area contributed by atoms with Crippen molar-refractivity contribution in [2.75, 3.05) is 6.61 Å². The molecule has 0 amide bonds. The van der Waals surface area contributed by atoms with E-state index in [-0.39, 0.29) is 0 Å². The standard InChI is InChI=1S/C10H17NO/c12-10-6-2-1-3-7-11-8-4-5-9-11/h4-5,8-9,12H,1-3,6-7,10H2. The van der Waals surface area contributed by atoms with Gasteiger partial charge in [-0.25, -0.2) is 0 Å². The molecule has 12 heavy (non-hydrogen) atoms. The molecule has 0 aliphatic heterocycles. The first-order chi connectivity index (χ1) is 5.93. The number of unbranched alkanes of at least 4 members (excludes halogenated alkanes) is 3. The first-order valence-corrected chi connectivity index (χ1v) is 4.65. The Morgan fingerprint density at radius 1 is 0.917 bits per heavy atom. The molecule has 0 aliphatic rings. The van der Waals surface area contributed by atoms with Crippen molar-refractivity contribution in [2.24, 2.45) is 0 Å². The van der Waals surface area contributed by atoms with Gasteiger partial charge in [-0.2, -0.15) is 0 Å². The highest BCUT2D eigenvalue weighted by atomic mass is 16.2. The maximum atomic E-state index is 8.54. The predicted octanol–water partition coefficient (Wildman–Crippen LogP) is 2.04. The monoisotopic (exact) mass is 167 g/mol. The van der Waals surface area contributed by atoms with E-state index in [1.807, 2.05) is 12.1 Å². The molecular formula is C10H17NO. The molecule has 0 bridgehead atoms. The molecule has 0 fully saturated rings. The summed E-state index contributed by atoms with van der Waals surface area (Å²) in [6, 6.07) is 4.10. The van der Waals surface area contributed by atoms with Crippen LogP contribution in [-0.4, -0.2) is 16.3 Å². The minimum Gasteiger partial charge on any atom is -0.396 e. The number of aliphatic hydroxyl groups excluding tert-OH is 1. The van der Waals surface area contributed by atoms with E-state index >= 15 is 0 Å². The third-order valence-electron chi connectivity index (χ3n) is 1.99. The quantitative estimate of drug-likeness (QED) is 0.644. The second-order valence-electron chi connectivity index (χ2n) is 3.06. The number of hydrogen-bond donors (Lipinski definition) is 1. The third-order valence-corrected chi connectivity index (χ3v) is 1.99. The van der Waals surface area contributed by atoms with Gasteiger partial charge in [0.05, 0.1) is 0 Å². The molecule has 1 aromatic heterocycles. The molecule has 0 aliphatic carbocycles. The van der Waals surface area contributed by atoms with Crippen LogP contribution >= 0.6 is 0 Å². The maximum absolute atomic E-state index is 8.54. The molecule has 0 radical (unpaired) electrons. The van der Waals surface area contributed by atoms with Gasteiger partial charge in [0.25, 0.3) is 0 Å². The van der Waals surface area contributed by atoms with Crippen LogP contribution in [0.1, 0.15) is 25.7 Å². The topological polar surface area (TPSA) is 25.2 Å². The van der Waals surface area contributed by atoms with Gasteiger partial charge in [0.1, 0.15) is 0 Å². The predicted molar refractivity (Wildman–Crippen MR) is 50.0 cm³/mol. The number of hydrogen-bond acceptors (Lipinski definition) is 1. The summed E-state index contributed by atoms with van der Waals surface area (Å²) in [5.74, 6) is 0. The molecule has 0 unspecified atom stereocenters. The van der Waals surface area contributed by atoms with Gasteiger partial charge < -0.3 is 9.67 Å². The summed E-state index contributed by atoms with van der Waals surface area (Å²) >= 11 is 0. The Morgan fingerprint density at radius 3 is 2.25 bits per heavy atom. The fourth-order valence-corrected chi connectivity index (χ4v) is 1.28. The van der Waals surface area contributed by atoms with Crippen LogP contribution in [-0.2, 0) is 6.54 Å². The molecule has 0 aromatic carbocycles. The van der Waals surface area contributed by atoms with Gasteiger partial charge in [0, 0.05) is 25.5 Å². The minimum absolute atomic E-state index is 0.337. The highest BCUT2D eigenvalue weighted by Crippen LogP contribution is 2.01. The average Bonchev–Trinajstić information content (AvgIpc) is 2.57. The second kappa shape index (κ2) is 5.84. The number of aliphatic hydroxyl groups is 1. The molecular weight excluding hydrogens is 150 g/mol. The summed E-state index contributed by atoms with van der Waals surface area (Å²) in [4.78, 5) is 0. The van der Waals surface area contributed by atoms with E-state index in [1.54, 1.807) is 0 Å². The van der Waals surface area contributed by atoms with Crippen LogP contribution < -0.4 is 0 Å². The number of aromatic nitrogens is 1.